The molecule has 0 bridgehead atoms. The molecule has 6 heteroatoms. The van der Waals surface area contributed by atoms with Gasteiger partial charge >= 0.3 is 0 Å². The minimum absolute atomic E-state index is 0.0635. The van der Waals surface area contributed by atoms with Crippen molar-refractivity contribution in [1.82, 2.24) is 15.0 Å². The van der Waals surface area contributed by atoms with Crippen LogP contribution in [0.2, 0.25) is 5.02 Å². The van der Waals surface area contributed by atoms with E-state index in [2.05, 4.69) is 10.1 Å². The second-order valence-corrected chi connectivity index (χ2v) is 5.94. The molecule has 1 saturated heterocycles. The first kappa shape index (κ1) is 15.1. The Hall–Kier alpha value is -1.85. The molecule has 116 valence electrons. The van der Waals surface area contributed by atoms with Gasteiger partial charge in [0.25, 0.3) is 5.91 Å². The number of nitrogens with zero attached hydrogens (tertiary/aromatic N) is 3. The zero-order valence-electron chi connectivity index (χ0n) is 12.5. The van der Waals surface area contributed by atoms with Gasteiger partial charge in [0.05, 0.1) is 5.69 Å². The van der Waals surface area contributed by atoms with Crippen molar-refractivity contribution in [2.75, 3.05) is 26.2 Å². The first-order valence-corrected chi connectivity index (χ1v) is 7.69. The van der Waals surface area contributed by atoms with Gasteiger partial charge in [0.2, 0.25) is 0 Å². The summed E-state index contributed by atoms with van der Waals surface area (Å²) in [5.41, 5.74) is 1.62. The fourth-order valence-electron chi connectivity index (χ4n) is 2.61. The Balaban J connectivity index is 1.55. The number of carbonyl (C=O) groups excluding carboxylic acids is 1. The zero-order valence-corrected chi connectivity index (χ0v) is 13.2. The predicted molar refractivity (Wildman–Crippen MR) is 83.9 cm³/mol. The van der Waals surface area contributed by atoms with Crippen LogP contribution >= 0.6 is 11.6 Å². The van der Waals surface area contributed by atoms with E-state index in [4.69, 9.17) is 16.1 Å². The van der Waals surface area contributed by atoms with Crippen molar-refractivity contribution in [1.29, 1.82) is 0 Å². The molecule has 2 aromatic rings. The molecule has 1 aliphatic rings. The lowest BCUT2D eigenvalue weighted by Crippen LogP contribution is -2.48. The number of piperazine rings is 1. The molecule has 0 radical (unpaired) electrons. The van der Waals surface area contributed by atoms with Crippen LogP contribution in [0.4, 0.5) is 0 Å². The van der Waals surface area contributed by atoms with Gasteiger partial charge in [-0.1, -0.05) is 16.8 Å². The molecule has 1 aliphatic heterocycles. The third-order valence-corrected chi connectivity index (χ3v) is 4.07. The lowest BCUT2D eigenvalue weighted by atomic mass is 10.2. The third kappa shape index (κ3) is 3.48. The Bertz CT molecular complexity index is 646. The highest BCUT2D eigenvalue weighted by Crippen LogP contribution is 2.14. The number of amides is 1. The van der Waals surface area contributed by atoms with Gasteiger partial charge in [0, 0.05) is 49.4 Å². The normalized spacial score (nSPS) is 16.0. The van der Waals surface area contributed by atoms with Crippen LogP contribution in [0, 0.1) is 6.92 Å². The molecular formula is C16H18ClN3O2. The molecule has 0 atom stereocenters. The van der Waals surface area contributed by atoms with Gasteiger partial charge in [0.1, 0.15) is 5.76 Å². The van der Waals surface area contributed by atoms with E-state index in [0.29, 0.717) is 10.6 Å². The minimum atomic E-state index is 0.0635. The maximum Gasteiger partial charge on any atom is 0.253 e. The Kier molecular flexibility index (Phi) is 4.45. The van der Waals surface area contributed by atoms with Gasteiger partial charge in [-0.3, -0.25) is 9.69 Å². The number of rotatable bonds is 3. The molecule has 22 heavy (non-hydrogen) atoms. The number of halogens is 1. The van der Waals surface area contributed by atoms with Crippen LogP contribution in [0.1, 0.15) is 21.8 Å². The van der Waals surface area contributed by atoms with Gasteiger partial charge in [-0.15, -0.1) is 0 Å². The summed E-state index contributed by atoms with van der Waals surface area (Å²) < 4.78 is 5.08. The van der Waals surface area contributed by atoms with Gasteiger partial charge < -0.3 is 9.42 Å². The SMILES string of the molecule is Cc1cc(CN2CCN(C(=O)c3ccc(Cl)cc3)CC2)no1. The quantitative estimate of drug-likeness (QED) is 0.872. The second-order valence-electron chi connectivity index (χ2n) is 5.50. The highest BCUT2D eigenvalue weighted by molar-refractivity contribution is 6.30. The summed E-state index contributed by atoms with van der Waals surface area (Å²) in [6.07, 6.45) is 0. The van der Waals surface area contributed by atoms with Crippen molar-refractivity contribution < 1.29 is 9.32 Å². The number of benzene rings is 1. The summed E-state index contributed by atoms with van der Waals surface area (Å²) in [4.78, 5) is 16.6. The average Bonchev–Trinajstić information content (AvgIpc) is 2.93. The summed E-state index contributed by atoms with van der Waals surface area (Å²) in [6.45, 7) is 5.77. The Morgan fingerprint density at radius 2 is 1.91 bits per heavy atom. The maximum atomic E-state index is 12.4. The fraction of sp³-hybridized carbons (Fsp3) is 0.375. The van der Waals surface area contributed by atoms with Crippen molar-refractivity contribution in [3.63, 3.8) is 0 Å². The smallest absolute Gasteiger partial charge is 0.253 e. The topological polar surface area (TPSA) is 49.6 Å². The Labute approximate surface area is 134 Å². The van der Waals surface area contributed by atoms with Crippen LogP contribution in [-0.4, -0.2) is 47.0 Å². The van der Waals surface area contributed by atoms with Crippen LogP contribution in [0.5, 0.6) is 0 Å². The van der Waals surface area contributed by atoms with E-state index in [1.807, 2.05) is 17.9 Å². The van der Waals surface area contributed by atoms with Crippen LogP contribution in [0.15, 0.2) is 34.9 Å². The summed E-state index contributed by atoms with van der Waals surface area (Å²) in [7, 11) is 0. The molecule has 0 unspecified atom stereocenters. The van der Waals surface area contributed by atoms with Gasteiger partial charge in [0.15, 0.2) is 0 Å². The van der Waals surface area contributed by atoms with Crippen molar-refractivity contribution >= 4 is 17.5 Å². The van der Waals surface area contributed by atoms with Crippen molar-refractivity contribution in [3.05, 3.63) is 52.4 Å². The molecule has 1 fully saturated rings. The van der Waals surface area contributed by atoms with E-state index in [-0.39, 0.29) is 5.91 Å². The van der Waals surface area contributed by atoms with E-state index in [0.717, 1.165) is 44.2 Å². The van der Waals surface area contributed by atoms with Crippen LogP contribution in [-0.2, 0) is 6.54 Å². The first-order chi connectivity index (χ1) is 10.6. The molecule has 1 amide bonds. The molecule has 1 aromatic heterocycles. The number of aryl methyl sites for hydroxylation is 1. The Morgan fingerprint density at radius 3 is 2.50 bits per heavy atom. The van der Waals surface area contributed by atoms with E-state index >= 15 is 0 Å². The van der Waals surface area contributed by atoms with Crippen molar-refractivity contribution in [3.8, 4) is 0 Å². The highest BCUT2D eigenvalue weighted by Gasteiger charge is 2.22. The fourth-order valence-corrected chi connectivity index (χ4v) is 2.73. The van der Waals surface area contributed by atoms with Crippen LogP contribution in [0.3, 0.4) is 0 Å². The summed E-state index contributed by atoms with van der Waals surface area (Å²) in [5, 5.41) is 4.65. The summed E-state index contributed by atoms with van der Waals surface area (Å²) in [6, 6.07) is 8.99. The van der Waals surface area contributed by atoms with Gasteiger partial charge in [-0.25, -0.2) is 0 Å². The van der Waals surface area contributed by atoms with Crippen molar-refractivity contribution in [2.45, 2.75) is 13.5 Å². The van der Waals surface area contributed by atoms with Crippen LogP contribution < -0.4 is 0 Å². The number of hydrogen-bond acceptors (Lipinski definition) is 4. The average molecular weight is 320 g/mol. The number of aromatic nitrogens is 1. The first-order valence-electron chi connectivity index (χ1n) is 7.31. The second kappa shape index (κ2) is 6.50. The largest absolute Gasteiger partial charge is 0.361 e. The molecule has 0 saturated carbocycles. The van der Waals surface area contributed by atoms with E-state index < -0.39 is 0 Å². The molecule has 0 spiro atoms. The molecule has 0 aliphatic carbocycles. The molecule has 1 aromatic carbocycles. The summed E-state index contributed by atoms with van der Waals surface area (Å²) in [5.74, 6) is 0.889. The molecule has 5 nitrogen and oxygen atoms in total. The molecule has 2 heterocycles. The molecule has 3 rings (SSSR count). The van der Waals surface area contributed by atoms with E-state index in [1.165, 1.54) is 0 Å². The Morgan fingerprint density at radius 1 is 1.23 bits per heavy atom. The lowest BCUT2D eigenvalue weighted by Gasteiger charge is -2.34. The number of carbonyl (C=O) groups is 1. The lowest BCUT2D eigenvalue weighted by molar-refractivity contribution is 0.0625. The minimum Gasteiger partial charge on any atom is -0.361 e. The van der Waals surface area contributed by atoms with Crippen molar-refractivity contribution in [2.24, 2.45) is 0 Å². The van der Waals surface area contributed by atoms with Gasteiger partial charge in [-0.05, 0) is 31.2 Å². The maximum absolute atomic E-state index is 12.4. The standard InChI is InChI=1S/C16H18ClN3O2/c1-12-10-15(18-22-12)11-19-6-8-20(9-7-19)16(21)13-2-4-14(17)5-3-13/h2-5,10H,6-9,11H2,1H3. The highest BCUT2D eigenvalue weighted by atomic mass is 35.5. The molecular weight excluding hydrogens is 302 g/mol. The van der Waals surface area contributed by atoms with E-state index in [9.17, 15) is 4.79 Å². The zero-order chi connectivity index (χ0) is 15.5. The molecule has 0 N–H and O–H groups in total. The van der Waals surface area contributed by atoms with Gasteiger partial charge in [-0.2, -0.15) is 0 Å². The monoisotopic (exact) mass is 319 g/mol. The summed E-state index contributed by atoms with van der Waals surface area (Å²) >= 11 is 5.85. The van der Waals surface area contributed by atoms with E-state index in [1.54, 1.807) is 24.3 Å². The number of hydrogen-bond donors (Lipinski definition) is 0. The predicted octanol–water partition coefficient (Wildman–Crippen LogP) is 2.59. The third-order valence-electron chi connectivity index (χ3n) is 3.81. The van der Waals surface area contributed by atoms with Crippen LogP contribution in [0.25, 0.3) is 0 Å².